The van der Waals surface area contributed by atoms with Crippen LogP contribution >= 0.6 is 0 Å². The van der Waals surface area contributed by atoms with Gasteiger partial charge in [0.25, 0.3) is 0 Å². The van der Waals surface area contributed by atoms with Crippen molar-refractivity contribution in [3.05, 3.63) is 29.3 Å². The van der Waals surface area contributed by atoms with Crippen molar-refractivity contribution < 1.29 is 9.59 Å². The van der Waals surface area contributed by atoms with E-state index >= 15 is 0 Å². The molecule has 8 nitrogen and oxygen atoms in total. The molecule has 1 fully saturated rings. The number of rotatable bonds is 3. The van der Waals surface area contributed by atoms with Gasteiger partial charge in [-0.15, -0.1) is 10.2 Å². The summed E-state index contributed by atoms with van der Waals surface area (Å²) in [6.07, 6.45) is 3.12. The molecule has 1 aromatic heterocycles. The Morgan fingerprint density at radius 1 is 1.40 bits per heavy atom. The van der Waals surface area contributed by atoms with Gasteiger partial charge in [-0.3, -0.25) is 9.59 Å². The van der Waals surface area contributed by atoms with E-state index in [1.807, 2.05) is 18.2 Å². The van der Waals surface area contributed by atoms with Crippen LogP contribution in [0.4, 0.5) is 0 Å². The first-order valence-electron chi connectivity index (χ1n) is 8.53. The van der Waals surface area contributed by atoms with E-state index in [2.05, 4.69) is 25.9 Å². The van der Waals surface area contributed by atoms with Crippen molar-refractivity contribution in [3.63, 3.8) is 0 Å². The van der Waals surface area contributed by atoms with Crippen molar-refractivity contribution >= 4 is 11.8 Å². The number of carbonyl (C=O) groups is 2. The Morgan fingerprint density at radius 2 is 2.28 bits per heavy atom. The zero-order chi connectivity index (χ0) is 17.4. The highest BCUT2D eigenvalue weighted by atomic mass is 16.2. The first kappa shape index (κ1) is 15.7. The minimum atomic E-state index is -0.163. The van der Waals surface area contributed by atoms with E-state index in [1.54, 1.807) is 11.9 Å². The Bertz CT molecular complexity index is 803. The molecule has 2 atom stereocenters. The summed E-state index contributed by atoms with van der Waals surface area (Å²) in [6.45, 7) is 0.584. The second-order valence-corrected chi connectivity index (χ2v) is 6.78. The number of carbonyl (C=O) groups excluding carboxylic acids is 2. The first-order valence-corrected chi connectivity index (χ1v) is 8.53. The van der Waals surface area contributed by atoms with Crippen molar-refractivity contribution in [1.29, 1.82) is 0 Å². The Balaban J connectivity index is 1.53. The number of fused-ring (bicyclic) bond motifs is 1. The third kappa shape index (κ3) is 2.99. The molecule has 1 saturated heterocycles. The zero-order valence-electron chi connectivity index (χ0n) is 14.0. The van der Waals surface area contributed by atoms with Gasteiger partial charge in [0.2, 0.25) is 17.6 Å². The molecule has 2 aliphatic rings. The Morgan fingerprint density at radius 3 is 3.00 bits per heavy atom. The monoisotopic (exact) mass is 340 g/mol. The smallest absolute Gasteiger partial charge is 0.227 e. The molecule has 25 heavy (non-hydrogen) atoms. The lowest BCUT2D eigenvalue weighted by atomic mass is 9.81. The minimum Gasteiger partial charge on any atom is -0.351 e. The lowest BCUT2D eigenvalue weighted by molar-refractivity contribution is -0.126. The van der Waals surface area contributed by atoms with Gasteiger partial charge in [0.15, 0.2) is 0 Å². The number of nitrogens with one attached hydrogen (secondary N) is 2. The van der Waals surface area contributed by atoms with Gasteiger partial charge in [0.1, 0.15) is 0 Å². The van der Waals surface area contributed by atoms with Gasteiger partial charge in [0, 0.05) is 25.6 Å². The summed E-state index contributed by atoms with van der Waals surface area (Å²) in [5.74, 6) is 0.492. The lowest BCUT2D eigenvalue weighted by Crippen LogP contribution is -2.40. The normalized spacial score (nSPS) is 22.8. The predicted molar refractivity (Wildman–Crippen MR) is 89.5 cm³/mol. The third-order valence-electron chi connectivity index (χ3n) is 5.06. The van der Waals surface area contributed by atoms with Crippen LogP contribution in [0.5, 0.6) is 0 Å². The van der Waals surface area contributed by atoms with Crippen LogP contribution < -0.4 is 5.32 Å². The molecular weight excluding hydrogens is 320 g/mol. The minimum absolute atomic E-state index is 0.0151. The van der Waals surface area contributed by atoms with E-state index in [-0.39, 0.29) is 23.8 Å². The number of hydrogen-bond acceptors (Lipinski definition) is 5. The molecule has 2 N–H and O–H groups in total. The molecule has 0 bridgehead atoms. The first-order chi connectivity index (χ1) is 12.1. The number of likely N-dealkylation sites (N-methyl/N-ethyl adjacent to an activating group) is 1. The average molecular weight is 340 g/mol. The maximum atomic E-state index is 12.8. The summed E-state index contributed by atoms with van der Waals surface area (Å²) in [5, 5.41) is 17.1. The number of hydrogen-bond donors (Lipinski definition) is 2. The van der Waals surface area contributed by atoms with E-state index in [0.29, 0.717) is 18.8 Å². The number of likely N-dealkylation sites (tertiary alicyclic amines) is 1. The molecule has 0 radical (unpaired) electrons. The SMILES string of the molecule is CN1C[C@@H](NC(=O)C2CCCc3cc(-c4nn[nH]n4)ccc32)CC1=O. The van der Waals surface area contributed by atoms with E-state index < -0.39 is 0 Å². The van der Waals surface area contributed by atoms with Crippen LogP contribution in [0.2, 0.25) is 0 Å². The van der Waals surface area contributed by atoms with Crippen LogP contribution in [-0.4, -0.2) is 57.0 Å². The molecule has 1 unspecified atom stereocenters. The van der Waals surface area contributed by atoms with E-state index in [0.717, 1.165) is 36.0 Å². The van der Waals surface area contributed by atoms with E-state index in [1.165, 1.54) is 0 Å². The quantitative estimate of drug-likeness (QED) is 0.853. The number of aromatic amines is 1. The zero-order valence-corrected chi connectivity index (χ0v) is 14.0. The fourth-order valence-corrected chi connectivity index (χ4v) is 3.77. The molecule has 1 aliphatic carbocycles. The number of nitrogens with zero attached hydrogens (tertiary/aromatic N) is 4. The lowest BCUT2D eigenvalue weighted by Gasteiger charge is -2.26. The number of H-pyrrole nitrogens is 1. The Kier molecular flexibility index (Phi) is 3.95. The summed E-state index contributed by atoms with van der Waals surface area (Å²) in [5.41, 5.74) is 3.12. The number of aromatic nitrogens is 4. The van der Waals surface area contributed by atoms with Crippen molar-refractivity contribution in [2.45, 2.75) is 37.6 Å². The van der Waals surface area contributed by atoms with Gasteiger partial charge in [-0.25, -0.2) is 0 Å². The predicted octanol–water partition coefficient (Wildman–Crippen LogP) is 0.633. The van der Waals surface area contributed by atoms with Gasteiger partial charge in [-0.2, -0.15) is 5.21 Å². The Hall–Kier alpha value is -2.77. The summed E-state index contributed by atoms with van der Waals surface area (Å²) in [4.78, 5) is 26.1. The van der Waals surface area contributed by atoms with Crippen LogP contribution in [0, 0.1) is 0 Å². The highest BCUT2D eigenvalue weighted by Crippen LogP contribution is 2.34. The van der Waals surface area contributed by atoms with Crippen molar-refractivity contribution in [2.75, 3.05) is 13.6 Å². The van der Waals surface area contributed by atoms with Crippen LogP contribution in [0.15, 0.2) is 18.2 Å². The summed E-state index contributed by atoms with van der Waals surface area (Å²) in [6, 6.07) is 5.89. The van der Waals surface area contributed by atoms with Crippen LogP contribution in [0.3, 0.4) is 0 Å². The van der Waals surface area contributed by atoms with Gasteiger partial charge >= 0.3 is 0 Å². The maximum Gasteiger partial charge on any atom is 0.227 e. The van der Waals surface area contributed by atoms with Crippen LogP contribution in [0.1, 0.15) is 36.3 Å². The van der Waals surface area contributed by atoms with Gasteiger partial charge in [-0.05, 0) is 41.7 Å². The molecule has 0 saturated carbocycles. The molecule has 2 heterocycles. The van der Waals surface area contributed by atoms with E-state index in [9.17, 15) is 9.59 Å². The number of aryl methyl sites for hydroxylation is 1. The fourth-order valence-electron chi connectivity index (χ4n) is 3.77. The molecule has 8 heteroatoms. The van der Waals surface area contributed by atoms with Crippen molar-refractivity contribution in [1.82, 2.24) is 30.8 Å². The molecule has 4 rings (SSSR count). The average Bonchev–Trinajstić information content (AvgIpc) is 3.24. The van der Waals surface area contributed by atoms with Gasteiger partial charge in [-0.1, -0.05) is 12.1 Å². The van der Waals surface area contributed by atoms with E-state index in [4.69, 9.17) is 0 Å². The highest BCUT2D eigenvalue weighted by molar-refractivity contribution is 5.86. The second-order valence-electron chi connectivity index (χ2n) is 6.78. The van der Waals surface area contributed by atoms with Crippen LogP contribution in [0.25, 0.3) is 11.4 Å². The van der Waals surface area contributed by atoms with Crippen molar-refractivity contribution in [3.8, 4) is 11.4 Å². The summed E-state index contributed by atoms with van der Waals surface area (Å²) >= 11 is 0. The molecular formula is C17H20N6O2. The molecule has 130 valence electrons. The van der Waals surface area contributed by atoms with Crippen LogP contribution in [-0.2, 0) is 16.0 Å². The standard InChI is InChI=1S/C17H20N6O2/c1-23-9-12(8-15(23)24)18-17(25)14-4-2-3-10-7-11(5-6-13(10)14)16-19-21-22-20-16/h5-7,12,14H,2-4,8-9H2,1H3,(H,18,25)(H,19,20,21,22)/t12-,14?/m0/s1. The van der Waals surface area contributed by atoms with Gasteiger partial charge < -0.3 is 10.2 Å². The number of amides is 2. The molecule has 0 spiro atoms. The molecule has 1 aliphatic heterocycles. The topological polar surface area (TPSA) is 104 Å². The molecule has 2 amide bonds. The molecule has 2 aromatic rings. The highest BCUT2D eigenvalue weighted by Gasteiger charge is 2.32. The summed E-state index contributed by atoms with van der Waals surface area (Å²) < 4.78 is 0. The summed E-state index contributed by atoms with van der Waals surface area (Å²) in [7, 11) is 1.77. The fraction of sp³-hybridized carbons (Fsp3) is 0.471. The largest absolute Gasteiger partial charge is 0.351 e. The van der Waals surface area contributed by atoms with Crippen molar-refractivity contribution in [2.24, 2.45) is 0 Å². The molecule has 1 aromatic carbocycles. The second kappa shape index (κ2) is 6.27. The third-order valence-corrected chi connectivity index (χ3v) is 5.06. The maximum absolute atomic E-state index is 12.8. The number of tetrazole rings is 1. The number of benzene rings is 1. The van der Waals surface area contributed by atoms with Gasteiger partial charge in [0.05, 0.1) is 12.0 Å². The Labute approximate surface area is 145 Å².